The standard InChI is InChI=1S/4CHNO/c4*2-1-3/h4*3H. The molecule has 0 saturated heterocycles. The third-order valence-electron chi connectivity index (χ3n) is 0. The third kappa shape index (κ3) is 33.7. The molecule has 0 atom stereocenters. The molecule has 0 unspecified atom stereocenters. The van der Waals surface area contributed by atoms with Crippen molar-refractivity contribution >= 4 is 0 Å². The first-order valence-corrected chi connectivity index (χ1v) is 1.79. The van der Waals surface area contributed by atoms with Gasteiger partial charge in [-0.1, -0.05) is 0 Å². The molecule has 0 aliphatic rings. The van der Waals surface area contributed by atoms with Crippen molar-refractivity contribution in [2.75, 3.05) is 0 Å². The van der Waals surface area contributed by atoms with Crippen molar-refractivity contribution < 1.29 is 20.4 Å². The third-order valence-corrected chi connectivity index (χ3v) is 0. The fourth-order valence-electron chi connectivity index (χ4n) is 0. The Kier molecular flexibility index (Phi) is 593. The van der Waals surface area contributed by atoms with E-state index in [2.05, 4.69) is 0 Å². The molecular formula is C4H4N4O4. The molecule has 0 aliphatic heterocycles. The van der Waals surface area contributed by atoms with Crippen molar-refractivity contribution in [2.24, 2.45) is 0 Å². The topological polar surface area (TPSA) is 176 Å². The lowest BCUT2D eigenvalue weighted by molar-refractivity contribution is 0.502. The maximum Gasteiger partial charge on any atom is 0.283 e. The number of hydrogen-bond donors (Lipinski definition) is 4. The van der Waals surface area contributed by atoms with E-state index < -0.39 is 0 Å². The van der Waals surface area contributed by atoms with Gasteiger partial charge in [0.1, 0.15) is 0 Å². The monoisotopic (exact) mass is 172 g/mol. The van der Waals surface area contributed by atoms with E-state index in [1.54, 1.807) is 0 Å². The van der Waals surface area contributed by atoms with Gasteiger partial charge in [-0.25, -0.2) is 0 Å². The fourth-order valence-corrected chi connectivity index (χ4v) is 0. The second kappa shape index (κ2) is 311. The van der Waals surface area contributed by atoms with Crippen LogP contribution in [0.15, 0.2) is 0 Å². The van der Waals surface area contributed by atoms with Crippen molar-refractivity contribution in [1.82, 2.24) is 0 Å². The van der Waals surface area contributed by atoms with Gasteiger partial charge in [0.25, 0.3) is 25.0 Å². The van der Waals surface area contributed by atoms with Crippen molar-refractivity contribution in [3.8, 4) is 25.0 Å². The number of aliphatic hydroxyl groups is 4. The maximum absolute atomic E-state index is 6.88. The Balaban J connectivity index is -0.0000000356. The van der Waals surface area contributed by atoms with Gasteiger partial charge in [-0.15, -0.1) is 0 Å². The molecule has 0 aromatic rings. The van der Waals surface area contributed by atoms with Crippen LogP contribution < -0.4 is 0 Å². The van der Waals surface area contributed by atoms with Crippen LogP contribution in [-0.2, 0) is 0 Å². The van der Waals surface area contributed by atoms with Crippen LogP contribution in [0.25, 0.3) is 0 Å². The van der Waals surface area contributed by atoms with Gasteiger partial charge in [-0.2, -0.15) is 21.0 Å². The quantitative estimate of drug-likeness (QED) is 0.348. The summed E-state index contributed by atoms with van der Waals surface area (Å²) in [7, 11) is 0. The first kappa shape index (κ1) is 22.9. The number of nitrogens with zero attached hydrogens (tertiary/aromatic N) is 4. The molecule has 64 valence electrons. The van der Waals surface area contributed by atoms with E-state index in [0.717, 1.165) is 25.0 Å². The highest BCUT2D eigenvalue weighted by molar-refractivity contribution is 4.31. The minimum atomic E-state index is 0.750. The molecule has 4 N–H and O–H groups in total. The first-order chi connectivity index (χ1) is 5.66. The molecule has 0 aromatic carbocycles. The predicted octanol–water partition coefficient (Wildman–Crippen LogP) is -0.640. The molecule has 0 saturated carbocycles. The van der Waals surface area contributed by atoms with Crippen LogP contribution in [0.1, 0.15) is 0 Å². The van der Waals surface area contributed by atoms with E-state index in [4.69, 9.17) is 41.5 Å². The molecule has 0 fully saturated rings. The molecule has 0 heterocycles. The van der Waals surface area contributed by atoms with Crippen molar-refractivity contribution in [3.63, 3.8) is 0 Å². The highest BCUT2D eigenvalue weighted by atomic mass is 16.2. The van der Waals surface area contributed by atoms with E-state index in [0.29, 0.717) is 0 Å². The van der Waals surface area contributed by atoms with Crippen molar-refractivity contribution in [1.29, 1.82) is 21.0 Å². The van der Waals surface area contributed by atoms with Crippen LogP contribution in [0.2, 0.25) is 0 Å². The van der Waals surface area contributed by atoms with E-state index in [-0.39, 0.29) is 0 Å². The summed E-state index contributed by atoms with van der Waals surface area (Å²) in [4.78, 5) is 0. The van der Waals surface area contributed by atoms with Crippen LogP contribution in [-0.4, -0.2) is 20.4 Å². The Labute approximate surface area is 67.6 Å². The zero-order chi connectivity index (χ0) is 10.8. The largest absolute Gasteiger partial charge is 0.443 e. The number of rotatable bonds is 0. The van der Waals surface area contributed by atoms with Crippen LogP contribution in [0, 0.1) is 46.1 Å². The summed E-state index contributed by atoms with van der Waals surface area (Å²) in [6.07, 6.45) is 3.00. The van der Waals surface area contributed by atoms with Crippen LogP contribution >= 0.6 is 0 Å². The van der Waals surface area contributed by atoms with Gasteiger partial charge in [-0.3, -0.25) is 0 Å². The molecule has 0 aromatic heterocycles. The van der Waals surface area contributed by atoms with Gasteiger partial charge in [0.15, 0.2) is 0 Å². The average molecular weight is 172 g/mol. The second-order valence-electron chi connectivity index (χ2n) is 0.400. The highest BCUT2D eigenvalue weighted by Gasteiger charge is 1.17. The smallest absolute Gasteiger partial charge is 0.283 e. The Morgan fingerprint density at radius 1 is 0.500 bits per heavy atom. The predicted molar refractivity (Wildman–Crippen MR) is 30.2 cm³/mol. The summed E-state index contributed by atoms with van der Waals surface area (Å²) >= 11 is 0. The first-order valence-electron chi connectivity index (χ1n) is 1.79. The van der Waals surface area contributed by atoms with Crippen LogP contribution in [0.4, 0.5) is 0 Å². The zero-order valence-corrected chi connectivity index (χ0v) is 5.58. The van der Waals surface area contributed by atoms with Crippen molar-refractivity contribution in [2.45, 2.75) is 0 Å². The Bertz CT molecular complexity index is 153. The molecule has 8 nitrogen and oxygen atoms in total. The Morgan fingerprint density at radius 2 is 0.500 bits per heavy atom. The van der Waals surface area contributed by atoms with Crippen molar-refractivity contribution in [3.05, 3.63) is 0 Å². The lowest BCUT2D eigenvalue weighted by Crippen LogP contribution is -1.27. The number of hydrogen-bond acceptors (Lipinski definition) is 8. The molecule has 0 rings (SSSR count). The van der Waals surface area contributed by atoms with Gasteiger partial charge in [-0.05, 0) is 0 Å². The molecule has 0 spiro atoms. The van der Waals surface area contributed by atoms with E-state index in [1.807, 2.05) is 0 Å². The summed E-state index contributed by atoms with van der Waals surface area (Å²) in [6, 6.07) is 0. The van der Waals surface area contributed by atoms with Gasteiger partial charge >= 0.3 is 0 Å². The van der Waals surface area contributed by atoms with E-state index in [1.165, 1.54) is 0 Å². The normalized spacial score (nSPS) is 2.33. The van der Waals surface area contributed by atoms with Gasteiger partial charge in [0, 0.05) is 0 Å². The molecule has 12 heavy (non-hydrogen) atoms. The Morgan fingerprint density at radius 3 is 0.500 bits per heavy atom. The Hall–Kier alpha value is -2.84. The lowest BCUT2D eigenvalue weighted by Gasteiger charge is -1.25. The average Bonchev–Trinajstić information content (AvgIpc) is 1.92. The van der Waals surface area contributed by atoms with Gasteiger partial charge in [0.2, 0.25) is 0 Å². The number of nitriles is 4. The van der Waals surface area contributed by atoms with Crippen LogP contribution in [0.3, 0.4) is 0 Å². The summed E-state index contributed by atoms with van der Waals surface area (Å²) in [5.74, 6) is 0. The van der Waals surface area contributed by atoms with Gasteiger partial charge in [0.05, 0.1) is 0 Å². The molecule has 0 aliphatic carbocycles. The summed E-state index contributed by atoms with van der Waals surface area (Å²) in [5, 5.41) is 55.0. The summed E-state index contributed by atoms with van der Waals surface area (Å²) < 4.78 is 0. The van der Waals surface area contributed by atoms with Gasteiger partial charge < -0.3 is 20.4 Å². The summed E-state index contributed by atoms with van der Waals surface area (Å²) in [6.45, 7) is 0. The SMILES string of the molecule is N#CO.N#CO.N#CO.N#CO. The zero-order valence-electron chi connectivity index (χ0n) is 5.58. The molecule has 0 amide bonds. The fraction of sp³-hybridized carbons (Fsp3) is 0. The number of aliphatic hydroxyl groups excluding tert-OH is 4. The van der Waals surface area contributed by atoms with E-state index in [9.17, 15) is 0 Å². The molecular weight excluding hydrogens is 168 g/mol. The molecule has 8 heteroatoms. The minimum Gasteiger partial charge on any atom is -0.443 e. The highest BCUT2D eigenvalue weighted by Crippen LogP contribution is 1.07. The lowest BCUT2D eigenvalue weighted by atomic mass is 11.6. The molecule has 0 radical (unpaired) electrons. The van der Waals surface area contributed by atoms with E-state index >= 15 is 0 Å². The molecule has 0 bridgehead atoms. The maximum atomic E-state index is 6.88. The second-order valence-corrected chi connectivity index (χ2v) is 0.400. The summed E-state index contributed by atoms with van der Waals surface area (Å²) in [5.41, 5.74) is 0. The minimum absolute atomic E-state index is 0.750. The van der Waals surface area contributed by atoms with Crippen LogP contribution in [0.5, 0.6) is 0 Å².